The molecule has 0 aromatic carbocycles. The summed E-state index contributed by atoms with van der Waals surface area (Å²) in [5.74, 6) is 1.13. The van der Waals surface area contributed by atoms with Crippen molar-refractivity contribution in [3.63, 3.8) is 0 Å². The molecule has 1 aliphatic rings. The van der Waals surface area contributed by atoms with E-state index in [4.69, 9.17) is 5.41 Å². The molecule has 3 heterocycles. The predicted octanol–water partition coefficient (Wildman–Crippen LogP) is 0.141. The predicted molar refractivity (Wildman–Crippen MR) is 86.0 cm³/mol. The summed E-state index contributed by atoms with van der Waals surface area (Å²) in [4.78, 5) is 25.4. The Hall–Kier alpha value is -3.10. The van der Waals surface area contributed by atoms with Crippen LogP contribution in [0.1, 0.15) is 5.69 Å². The van der Waals surface area contributed by atoms with Crippen LogP contribution in [0.25, 0.3) is 0 Å². The molecule has 0 unspecified atom stereocenters. The van der Waals surface area contributed by atoms with E-state index < -0.39 is 0 Å². The summed E-state index contributed by atoms with van der Waals surface area (Å²) in [6, 6.07) is 3.41. The quantitative estimate of drug-likeness (QED) is 0.621. The van der Waals surface area contributed by atoms with Crippen molar-refractivity contribution in [2.24, 2.45) is 0 Å². The normalized spacial score (nSPS) is 13.8. The summed E-state index contributed by atoms with van der Waals surface area (Å²) in [5.41, 5.74) is 1.07. The Morgan fingerprint density at radius 1 is 1.39 bits per heavy atom. The van der Waals surface area contributed by atoms with Crippen molar-refractivity contribution < 1.29 is 4.79 Å². The van der Waals surface area contributed by atoms with Crippen LogP contribution < -0.4 is 14.7 Å². The molecule has 0 atom stereocenters. The molecular weight excluding hydrogens is 296 g/mol. The van der Waals surface area contributed by atoms with Gasteiger partial charge in [-0.3, -0.25) is 15.1 Å². The number of anilines is 3. The highest BCUT2D eigenvalue weighted by atomic mass is 16.2. The van der Waals surface area contributed by atoms with Crippen LogP contribution in [0, 0.1) is 5.41 Å². The van der Waals surface area contributed by atoms with Crippen LogP contribution in [-0.2, 0) is 4.79 Å². The van der Waals surface area contributed by atoms with E-state index in [9.17, 15) is 4.79 Å². The number of carbonyl (C=O) groups is 1. The maximum Gasteiger partial charge on any atom is 0.246 e. The van der Waals surface area contributed by atoms with Crippen molar-refractivity contribution in [2.75, 3.05) is 42.4 Å². The third kappa shape index (κ3) is 2.56. The zero-order valence-electron chi connectivity index (χ0n) is 13.1. The molecule has 1 N–H and O–H groups in total. The number of fused-ring (bicyclic) bond motifs is 1. The smallest absolute Gasteiger partial charge is 0.246 e. The highest BCUT2D eigenvalue weighted by Gasteiger charge is 2.27. The molecule has 0 saturated carbocycles. The van der Waals surface area contributed by atoms with E-state index >= 15 is 0 Å². The lowest BCUT2D eigenvalue weighted by Crippen LogP contribution is -2.43. The van der Waals surface area contributed by atoms with Gasteiger partial charge in [0.25, 0.3) is 0 Å². The first-order chi connectivity index (χ1) is 11.0. The molecule has 0 radical (unpaired) electrons. The number of carbonyl (C=O) groups excluding carboxylic acids is 1. The number of nitrogens with zero attached hydrogens (tertiary/aromatic N) is 7. The van der Waals surface area contributed by atoms with E-state index in [1.807, 2.05) is 0 Å². The molecule has 0 aliphatic carbocycles. The molecule has 2 aromatic rings. The maximum atomic E-state index is 11.8. The second-order valence-electron chi connectivity index (χ2n) is 5.20. The molecule has 118 valence electrons. The SMILES string of the molecule is CN1CC(=O)N(C)c2cnc(N(C)C(=N)c3cccnn3)nc21. The summed E-state index contributed by atoms with van der Waals surface area (Å²) in [7, 11) is 5.19. The highest BCUT2D eigenvalue weighted by molar-refractivity contribution is 6.06. The Kier molecular flexibility index (Phi) is 3.61. The largest absolute Gasteiger partial charge is 0.348 e. The number of likely N-dealkylation sites (N-methyl/N-ethyl adjacent to an activating group) is 2. The fourth-order valence-electron chi connectivity index (χ4n) is 2.25. The molecule has 0 saturated heterocycles. The average molecular weight is 312 g/mol. The maximum absolute atomic E-state index is 11.8. The third-order valence-electron chi connectivity index (χ3n) is 3.66. The van der Waals surface area contributed by atoms with Gasteiger partial charge in [-0.15, -0.1) is 5.10 Å². The third-order valence-corrected chi connectivity index (χ3v) is 3.66. The zero-order valence-corrected chi connectivity index (χ0v) is 13.1. The first-order valence-electron chi connectivity index (χ1n) is 6.94. The lowest BCUT2D eigenvalue weighted by atomic mass is 10.3. The Bertz CT molecular complexity index is 763. The van der Waals surface area contributed by atoms with Crippen molar-refractivity contribution in [3.05, 3.63) is 30.2 Å². The van der Waals surface area contributed by atoms with E-state index in [1.165, 1.54) is 9.80 Å². The van der Waals surface area contributed by atoms with Gasteiger partial charge in [0.05, 0.1) is 12.7 Å². The van der Waals surface area contributed by atoms with Crippen LogP contribution in [0.4, 0.5) is 17.5 Å². The summed E-state index contributed by atoms with van der Waals surface area (Å²) in [6.07, 6.45) is 3.14. The van der Waals surface area contributed by atoms with Gasteiger partial charge in [0.1, 0.15) is 11.4 Å². The van der Waals surface area contributed by atoms with E-state index in [-0.39, 0.29) is 18.3 Å². The molecule has 0 spiro atoms. The van der Waals surface area contributed by atoms with Gasteiger partial charge in [-0.2, -0.15) is 10.1 Å². The lowest BCUT2D eigenvalue weighted by Gasteiger charge is -2.32. The number of hydrogen-bond acceptors (Lipinski definition) is 7. The number of amidine groups is 1. The minimum absolute atomic E-state index is 0.0167. The van der Waals surface area contributed by atoms with E-state index in [0.717, 1.165) is 0 Å². The van der Waals surface area contributed by atoms with Gasteiger partial charge in [0.15, 0.2) is 11.7 Å². The minimum Gasteiger partial charge on any atom is -0.348 e. The molecular formula is C14H16N8O. The molecule has 23 heavy (non-hydrogen) atoms. The van der Waals surface area contributed by atoms with Crippen molar-refractivity contribution in [1.29, 1.82) is 5.41 Å². The Morgan fingerprint density at radius 2 is 2.17 bits per heavy atom. The zero-order chi connectivity index (χ0) is 16.6. The summed E-state index contributed by atoms with van der Waals surface area (Å²) in [5, 5.41) is 15.9. The van der Waals surface area contributed by atoms with Crippen LogP contribution in [0.2, 0.25) is 0 Å². The molecule has 9 heteroatoms. The molecule has 9 nitrogen and oxygen atoms in total. The number of amides is 1. The summed E-state index contributed by atoms with van der Waals surface area (Å²) in [6.45, 7) is 0.255. The lowest BCUT2D eigenvalue weighted by molar-refractivity contribution is -0.117. The number of hydrogen-bond donors (Lipinski definition) is 1. The van der Waals surface area contributed by atoms with Gasteiger partial charge >= 0.3 is 0 Å². The van der Waals surface area contributed by atoms with E-state index in [2.05, 4.69) is 20.2 Å². The monoisotopic (exact) mass is 312 g/mol. The Morgan fingerprint density at radius 3 is 2.87 bits per heavy atom. The van der Waals surface area contributed by atoms with Gasteiger partial charge in [0.2, 0.25) is 11.9 Å². The van der Waals surface area contributed by atoms with Gasteiger partial charge in [-0.1, -0.05) is 0 Å². The standard InChI is InChI=1S/C14H16N8O/c1-20-8-11(23)21(2)10-7-16-14(18-13(10)20)22(3)12(15)9-5-4-6-17-19-9/h4-7,15H,8H2,1-3H3. The van der Waals surface area contributed by atoms with Crippen molar-refractivity contribution >= 4 is 29.2 Å². The molecule has 1 aliphatic heterocycles. The van der Waals surface area contributed by atoms with Crippen molar-refractivity contribution in [2.45, 2.75) is 0 Å². The molecule has 1 amide bonds. The first-order valence-corrected chi connectivity index (χ1v) is 6.94. The number of aromatic nitrogens is 4. The topological polar surface area (TPSA) is 102 Å². The van der Waals surface area contributed by atoms with Crippen LogP contribution in [0.15, 0.2) is 24.5 Å². The molecule has 3 rings (SSSR count). The summed E-state index contributed by atoms with van der Waals surface area (Å²) >= 11 is 0. The van der Waals surface area contributed by atoms with Gasteiger partial charge in [-0.25, -0.2) is 4.98 Å². The second kappa shape index (κ2) is 5.59. The van der Waals surface area contributed by atoms with Crippen LogP contribution >= 0.6 is 0 Å². The molecule has 2 aromatic heterocycles. The first kappa shape index (κ1) is 14.8. The van der Waals surface area contributed by atoms with Crippen LogP contribution in [0.5, 0.6) is 0 Å². The van der Waals surface area contributed by atoms with Gasteiger partial charge in [-0.05, 0) is 12.1 Å². The Labute approximate surface area is 133 Å². The fourth-order valence-corrected chi connectivity index (χ4v) is 2.25. The number of nitrogens with one attached hydrogen (secondary N) is 1. The highest BCUT2D eigenvalue weighted by Crippen LogP contribution is 2.30. The van der Waals surface area contributed by atoms with Gasteiger partial charge in [0, 0.05) is 27.3 Å². The molecule has 0 fully saturated rings. The minimum atomic E-state index is -0.0167. The second-order valence-corrected chi connectivity index (χ2v) is 5.20. The average Bonchev–Trinajstić information content (AvgIpc) is 2.59. The van der Waals surface area contributed by atoms with E-state index in [1.54, 1.807) is 50.6 Å². The molecule has 0 bridgehead atoms. The van der Waals surface area contributed by atoms with Crippen molar-refractivity contribution in [3.8, 4) is 0 Å². The van der Waals surface area contributed by atoms with E-state index in [0.29, 0.717) is 23.1 Å². The van der Waals surface area contributed by atoms with Gasteiger partial charge < -0.3 is 9.80 Å². The van der Waals surface area contributed by atoms with Crippen molar-refractivity contribution in [1.82, 2.24) is 20.2 Å². The fraction of sp³-hybridized carbons (Fsp3) is 0.286. The summed E-state index contributed by atoms with van der Waals surface area (Å²) < 4.78 is 0. The number of rotatable bonds is 2. The van der Waals surface area contributed by atoms with Crippen LogP contribution in [0.3, 0.4) is 0 Å². The van der Waals surface area contributed by atoms with Crippen LogP contribution in [-0.4, -0.2) is 59.6 Å². The Balaban J connectivity index is 1.94.